The second kappa shape index (κ2) is 4.56. The van der Waals surface area contributed by atoms with Crippen LogP contribution in [0.15, 0.2) is 16.5 Å². The fourth-order valence-corrected chi connectivity index (χ4v) is 3.15. The highest BCUT2D eigenvalue weighted by atomic mass is 32.2. The van der Waals surface area contributed by atoms with E-state index in [9.17, 15) is 9.59 Å². The number of rotatable bonds is 3. The zero-order chi connectivity index (χ0) is 12.5. The Morgan fingerprint density at radius 2 is 2.12 bits per heavy atom. The predicted molar refractivity (Wildman–Crippen MR) is 64.5 cm³/mol. The third kappa shape index (κ3) is 2.24. The highest BCUT2D eigenvalue weighted by Gasteiger charge is 2.39. The molecule has 92 valence electrons. The van der Waals surface area contributed by atoms with Crippen LogP contribution < -0.4 is 0 Å². The molecule has 0 bridgehead atoms. The van der Waals surface area contributed by atoms with Crippen molar-refractivity contribution in [3.8, 4) is 0 Å². The Bertz CT molecular complexity index is 443. The smallest absolute Gasteiger partial charge is 0.373 e. The molecule has 0 saturated carbocycles. The van der Waals surface area contributed by atoms with Crippen molar-refractivity contribution in [1.82, 2.24) is 0 Å². The van der Waals surface area contributed by atoms with E-state index in [2.05, 4.69) is 4.74 Å². The fourth-order valence-electron chi connectivity index (χ4n) is 1.89. The third-order valence-corrected chi connectivity index (χ3v) is 4.43. The van der Waals surface area contributed by atoms with Gasteiger partial charge in [-0.3, -0.25) is 4.79 Å². The topological polar surface area (TPSA) is 56.5 Å². The van der Waals surface area contributed by atoms with E-state index in [4.69, 9.17) is 4.42 Å². The maximum Gasteiger partial charge on any atom is 0.373 e. The van der Waals surface area contributed by atoms with E-state index in [1.165, 1.54) is 13.2 Å². The normalized spacial score (nSPS) is 23.6. The molecule has 1 unspecified atom stereocenters. The number of carbonyl (C=O) groups is 2. The molecular formula is C12H14O4S. The average Bonchev–Trinajstić information content (AvgIpc) is 2.96. The van der Waals surface area contributed by atoms with E-state index in [0.717, 1.165) is 18.6 Å². The highest BCUT2D eigenvalue weighted by Crippen LogP contribution is 2.40. The van der Waals surface area contributed by atoms with E-state index >= 15 is 0 Å². The number of methoxy groups -OCH3 is 1. The molecule has 1 aliphatic rings. The van der Waals surface area contributed by atoms with Gasteiger partial charge in [-0.15, -0.1) is 11.8 Å². The Balaban J connectivity index is 2.20. The first kappa shape index (κ1) is 12.2. The van der Waals surface area contributed by atoms with Crippen LogP contribution in [0.25, 0.3) is 0 Å². The van der Waals surface area contributed by atoms with Crippen LogP contribution in [-0.2, 0) is 4.74 Å². The van der Waals surface area contributed by atoms with Gasteiger partial charge in [0.25, 0.3) is 0 Å². The third-order valence-electron chi connectivity index (χ3n) is 2.92. The molecule has 1 fully saturated rings. The monoisotopic (exact) mass is 254 g/mol. The lowest BCUT2D eigenvalue weighted by atomic mass is 9.99. The van der Waals surface area contributed by atoms with Gasteiger partial charge in [-0.05, 0) is 37.7 Å². The summed E-state index contributed by atoms with van der Waals surface area (Å²) in [4.78, 5) is 23.4. The standard InChI is InChI=1S/C12H14O4S/c1-12(6-3-7-17-12)10(13)8-4-5-9(16-8)11(14)15-2/h4-5H,3,6-7H2,1-2H3. The molecule has 1 aromatic rings. The molecule has 5 heteroatoms. The molecule has 0 spiro atoms. The molecule has 0 N–H and O–H groups in total. The molecule has 1 aromatic heterocycles. The van der Waals surface area contributed by atoms with Gasteiger partial charge in [-0.25, -0.2) is 4.79 Å². The summed E-state index contributed by atoms with van der Waals surface area (Å²) in [6, 6.07) is 3.01. The van der Waals surface area contributed by atoms with Crippen LogP contribution in [0.2, 0.25) is 0 Å². The van der Waals surface area contributed by atoms with Gasteiger partial charge >= 0.3 is 5.97 Å². The molecule has 2 heterocycles. The van der Waals surface area contributed by atoms with Crippen LogP contribution in [0, 0.1) is 0 Å². The summed E-state index contributed by atoms with van der Waals surface area (Å²) >= 11 is 1.65. The summed E-state index contributed by atoms with van der Waals surface area (Å²) in [5, 5.41) is 0. The van der Waals surface area contributed by atoms with Gasteiger partial charge < -0.3 is 9.15 Å². The first-order chi connectivity index (χ1) is 8.07. The molecule has 0 aromatic carbocycles. The zero-order valence-electron chi connectivity index (χ0n) is 9.82. The molecule has 1 atom stereocenters. The lowest BCUT2D eigenvalue weighted by Gasteiger charge is -2.18. The van der Waals surface area contributed by atoms with Crippen LogP contribution in [0.3, 0.4) is 0 Å². The van der Waals surface area contributed by atoms with Crippen molar-refractivity contribution in [3.05, 3.63) is 23.7 Å². The van der Waals surface area contributed by atoms with Crippen LogP contribution in [0.1, 0.15) is 40.9 Å². The molecule has 1 saturated heterocycles. The maximum absolute atomic E-state index is 12.2. The lowest BCUT2D eigenvalue weighted by molar-refractivity contribution is 0.0562. The van der Waals surface area contributed by atoms with Crippen molar-refractivity contribution in [1.29, 1.82) is 0 Å². The van der Waals surface area contributed by atoms with E-state index < -0.39 is 10.7 Å². The number of carbonyl (C=O) groups excluding carboxylic acids is 2. The number of Topliss-reactive ketones (excluding diaryl/α,β-unsaturated/α-hetero) is 1. The molecule has 17 heavy (non-hydrogen) atoms. The van der Waals surface area contributed by atoms with Gasteiger partial charge in [-0.2, -0.15) is 0 Å². The van der Waals surface area contributed by atoms with Crippen molar-refractivity contribution in [2.45, 2.75) is 24.5 Å². The summed E-state index contributed by atoms with van der Waals surface area (Å²) in [7, 11) is 1.28. The summed E-state index contributed by atoms with van der Waals surface area (Å²) in [6.07, 6.45) is 1.89. The van der Waals surface area contributed by atoms with Gasteiger partial charge in [0.1, 0.15) is 0 Å². The molecular weight excluding hydrogens is 240 g/mol. The van der Waals surface area contributed by atoms with Crippen molar-refractivity contribution < 1.29 is 18.7 Å². The SMILES string of the molecule is COC(=O)c1ccc(C(=O)C2(C)CCCS2)o1. The minimum absolute atomic E-state index is 0.0462. The number of ether oxygens (including phenoxy) is 1. The Hall–Kier alpha value is -1.23. The Kier molecular flexibility index (Phi) is 3.28. The predicted octanol–water partition coefficient (Wildman–Crippen LogP) is 2.53. The lowest BCUT2D eigenvalue weighted by Crippen LogP contribution is -2.28. The van der Waals surface area contributed by atoms with Crippen molar-refractivity contribution in [2.24, 2.45) is 0 Å². The molecule has 2 rings (SSSR count). The molecule has 0 amide bonds. The molecule has 0 radical (unpaired) electrons. The van der Waals surface area contributed by atoms with E-state index in [1.54, 1.807) is 17.8 Å². The van der Waals surface area contributed by atoms with Crippen molar-refractivity contribution in [2.75, 3.05) is 12.9 Å². The van der Waals surface area contributed by atoms with E-state index in [-0.39, 0.29) is 17.3 Å². The van der Waals surface area contributed by atoms with E-state index in [1.807, 2.05) is 6.92 Å². The summed E-state index contributed by atoms with van der Waals surface area (Å²) in [6.45, 7) is 1.92. The molecule has 4 nitrogen and oxygen atoms in total. The first-order valence-electron chi connectivity index (χ1n) is 5.44. The quantitative estimate of drug-likeness (QED) is 0.613. The Labute approximate surface area is 104 Å². The highest BCUT2D eigenvalue weighted by molar-refractivity contribution is 8.01. The minimum Gasteiger partial charge on any atom is -0.463 e. The second-order valence-corrected chi connectivity index (χ2v) is 5.77. The molecule has 0 aliphatic carbocycles. The Morgan fingerprint density at radius 3 is 2.71 bits per heavy atom. The van der Waals surface area contributed by atoms with Gasteiger partial charge in [0.2, 0.25) is 11.5 Å². The van der Waals surface area contributed by atoms with Crippen LogP contribution in [0.4, 0.5) is 0 Å². The van der Waals surface area contributed by atoms with Crippen LogP contribution in [-0.4, -0.2) is 29.4 Å². The number of ketones is 1. The van der Waals surface area contributed by atoms with Gasteiger partial charge in [0.15, 0.2) is 5.76 Å². The maximum atomic E-state index is 12.2. The van der Waals surface area contributed by atoms with Gasteiger partial charge in [0, 0.05) is 0 Å². The number of hydrogen-bond acceptors (Lipinski definition) is 5. The largest absolute Gasteiger partial charge is 0.463 e. The molecule has 1 aliphatic heterocycles. The number of esters is 1. The minimum atomic E-state index is -0.562. The zero-order valence-corrected chi connectivity index (χ0v) is 10.6. The van der Waals surface area contributed by atoms with Gasteiger partial charge in [-0.1, -0.05) is 0 Å². The van der Waals surface area contributed by atoms with Crippen LogP contribution >= 0.6 is 11.8 Å². The van der Waals surface area contributed by atoms with Crippen LogP contribution in [0.5, 0.6) is 0 Å². The number of furan rings is 1. The van der Waals surface area contributed by atoms with Gasteiger partial charge in [0.05, 0.1) is 11.9 Å². The summed E-state index contributed by atoms with van der Waals surface area (Å²) in [5.41, 5.74) is 0. The summed E-state index contributed by atoms with van der Waals surface area (Å²) < 4.78 is 9.36. The van der Waals surface area contributed by atoms with Crippen molar-refractivity contribution >= 4 is 23.5 Å². The van der Waals surface area contributed by atoms with Crippen molar-refractivity contribution in [3.63, 3.8) is 0 Å². The number of thioether (sulfide) groups is 1. The first-order valence-corrected chi connectivity index (χ1v) is 6.42. The average molecular weight is 254 g/mol. The fraction of sp³-hybridized carbons (Fsp3) is 0.500. The van der Waals surface area contributed by atoms with E-state index in [0.29, 0.717) is 0 Å². The summed E-state index contributed by atoms with van der Waals surface area (Å²) in [5.74, 6) is 0.695. The Morgan fingerprint density at radius 1 is 1.41 bits per heavy atom. The second-order valence-electron chi connectivity index (χ2n) is 4.17. The number of hydrogen-bond donors (Lipinski definition) is 0.